The smallest absolute Gasteiger partial charge is 0.368 e. The van der Waals surface area contributed by atoms with Crippen molar-refractivity contribution in [3.8, 4) is 6.07 Å². The summed E-state index contributed by atoms with van der Waals surface area (Å²) in [5.41, 5.74) is -0.842. The molecule has 7 heteroatoms. The number of nitrogens with zero attached hydrogens (tertiary/aromatic N) is 2. The molecule has 21 heavy (non-hydrogen) atoms. The third kappa shape index (κ3) is 3.62. The van der Waals surface area contributed by atoms with Crippen molar-refractivity contribution in [1.29, 1.82) is 5.26 Å². The van der Waals surface area contributed by atoms with E-state index in [9.17, 15) is 13.2 Å². The van der Waals surface area contributed by atoms with E-state index in [1.807, 2.05) is 12.3 Å². The zero-order valence-corrected chi connectivity index (χ0v) is 12.4. The second-order valence-corrected chi connectivity index (χ2v) is 6.42. The first-order valence-corrected chi connectivity index (χ1v) is 7.90. The molecule has 2 rings (SSSR count). The molecule has 1 N–H and O–H groups in total. The number of halogens is 3. The third-order valence-electron chi connectivity index (χ3n) is 3.83. The zero-order chi connectivity index (χ0) is 15.5. The maximum absolute atomic E-state index is 12.7. The van der Waals surface area contributed by atoms with Crippen molar-refractivity contribution in [2.75, 3.05) is 18.1 Å². The summed E-state index contributed by atoms with van der Waals surface area (Å²) < 4.78 is 38.2. The van der Waals surface area contributed by atoms with Gasteiger partial charge in [-0.1, -0.05) is 12.8 Å². The lowest BCUT2D eigenvalue weighted by atomic mass is 10.1. The molecule has 1 fully saturated rings. The number of alkyl halides is 3. The Balaban J connectivity index is 2.20. The molecule has 1 aliphatic rings. The lowest BCUT2D eigenvalue weighted by Gasteiger charge is -2.27. The Morgan fingerprint density at radius 2 is 2.05 bits per heavy atom. The normalized spacial score (nSPS) is 17.5. The van der Waals surface area contributed by atoms with Gasteiger partial charge in [0, 0.05) is 11.3 Å². The summed E-state index contributed by atoms with van der Waals surface area (Å²) in [4.78, 5) is 3.57. The van der Waals surface area contributed by atoms with Crippen molar-refractivity contribution in [3.05, 3.63) is 23.4 Å². The fourth-order valence-corrected chi connectivity index (χ4v) is 3.47. The van der Waals surface area contributed by atoms with Crippen LogP contribution >= 0.6 is 11.8 Å². The van der Waals surface area contributed by atoms with Crippen LogP contribution in [0.3, 0.4) is 0 Å². The molecule has 0 aliphatic heterocycles. The van der Waals surface area contributed by atoms with E-state index in [-0.39, 0.29) is 16.1 Å². The molecule has 0 radical (unpaired) electrons. The number of hydrogen-bond donors (Lipinski definition) is 1. The predicted molar refractivity (Wildman–Crippen MR) is 77.2 cm³/mol. The average molecular weight is 315 g/mol. The Kier molecular flexibility index (Phi) is 4.67. The second kappa shape index (κ2) is 6.14. The molecule has 0 unspecified atom stereocenters. The molecule has 114 valence electrons. The molecule has 1 aromatic rings. The van der Waals surface area contributed by atoms with Crippen LogP contribution in [0, 0.1) is 11.3 Å². The fourth-order valence-electron chi connectivity index (χ4n) is 2.56. The van der Waals surface area contributed by atoms with E-state index < -0.39 is 11.9 Å². The largest absolute Gasteiger partial charge is 0.433 e. The van der Waals surface area contributed by atoms with Crippen LogP contribution in [0.15, 0.2) is 12.1 Å². The van der Waals surface area contributed by atoms with Gasteiger partial charge < -0.3 is 5.32 Å². The van der Waals surface area contributed by atoms with Crippen LogP contribution in [0.2, 0.25) is 0 Å². The van der Waals surface area contributed by atoms with Gasteiger partial charge in [0.15, 0.2) is 0 Å². The van der Waals surface area contributed by atoms with E-state index in [2.05, 4.69) is 10.3 Å². The van der Waals surface area contributed by atoms with Gasteiger partial charge in [-0.25, -0.2) is 4.98 Å². The first-order chi connectivity index (χ1) is 9.90. The van der Waals surface area contributed by atoms with E-state index in [0.29, 0.717) is 6.54 Å². The average Bonchev–Trinajstić information content (AvgIpc) is 2.93. The topological polar surface area (TPSA) is 48.7 Å². The Bertz CT molecular complexity index is 545. The van der Waals surface area contributed by atoms with E-state index >= 15 is 0 Å². The highest BCUT2D eigenvalue weighted by Crippen LogP contribution is 2.40. The third-order valence-corrected chi connectivity index (χ3v) is 5.25. The van der Waals surface area contributed by atoms with Crippen LogP contribution < -0.4 is 5.32 Å². The lowest BCUT2D eigenvalue weighted by Crippen LogP contribution is -2.30. The Morgan fingerprint density at radius 1 is 1.38 bits per heavy atom. The Labute approximate surface area is 125 Å². The fraction of sp³-hybridized carbons (Fsp3) is 0.571. The molecule has 0 atom stereocenters. The van der Waals surface area contributed by atoms with E-state index in [1.54, 1.807) is 11.8 Å². The Morgan fingerprint density at radius 3 is 2.57 bits per heavy atom. The van der Waals surface area contributed by atoms with Gasteiger partial charge in [0.2, 0.25) is 0 Å². The number of aromatic nitrogens is 1. The molecule has 1 aliphatic carbocycles. The van der Waals surface area contributed by atoms with Gasteiger partial charge in [0.05, 0.1) is 5.56 Å². The molecule has 1 saturated carbocycles. The van der Waals surface area contributed by atoms with Gasteiger partial charge in [-0.3, -0.25) is 0 Å². The van der Waals surface area contributed by atoms with Gasteiger partial charge >= 0.3 is 6.18 Å². The molecule has 0 spiro atoms. The van der Waals surface area contributed by atoms with Gasteiger partial charge in [-0.15, -0.1) is 0 Å². The Hall–Kier alpha value is -1.42. The van der Waals surface area contributed by atoms with Crippen molar-refractivity contribution in [3.63, 3.8) is 0 Å². The van der Waals surface area contributed by atoms with Crippen molar-refractivity contribution in [2.45, 2.75) is 36.6 Å². The number of rotatable bonds is 4. The number of nitriles is 1. The lowest BCUT2D eigenvalue weighted by molar-refractivity contribution is -0.141. The predicted octanol–water partition coefficient (Wildman–Crippen LogP) is 4.06. The first-order valence-electron chi connectivity index (χ1n) is 6.68. The van der Waals surface area contributed by atoms with Crippen LogP contribution in [0.5, 0.6) is 0 Å². The molecule has 3 nitrogen and oxygen atoms in total. The number of nitrogens with one attached hydrogen (secondary N) is 1. The minimum Gasteiger partial charge on any atom is -0.368 e. The molecule has 0 amide bonds. The zero-order valence-electron chi connectivity index (χ0n) is 11.6. The molecule has 0 aromatic carbocycles. The van der Waals surface area contributed by atoms with Crippen molar-refractivity contribution < 1.29 is 13.2 Å². The molecular formula is C14H16F3N3S. The van der Waals surface area contributed by atoms with Crippen molar-refractivity contribution in [2.24, 2.45) is 0 Å². The van der Waals surface area contributed by atoms with Gasteiger partial charge in [-0.05, 0) is 31.2 Å². The van der Waals surface area contributed by atoms with E-state index in [4.69, 9.17) is 5.26 Å². The van der Waals surface area contributed by atoms with Crippen LogP contribution in [0.1, 0.15) is 36.9 Å². The van der Waals surface area contributed by atoms with Crippen LogP contribution in [0.25, 0.3) is 0 Å². The molecular weight excluding hydrogens is 299 g/mol. The van der Waals surface area contributed by atoms with Crippen LogP contribution in [0.4, 0.5) is 19.0 Å². The highest BCUT2D eigenvalue weighted by molar-refractivity contribution is 8.00. The summed E-state index contributed by atoms with van der Waals surface area (Å²) in [6, 6.07) is 3.88. The highest BCUT2D eigenvalue weighted by atomic mass is 32.2. The summed E-state index contributed by atoms with van der Waals surface area (Å²) >= 11 is 1.73. The number of anilines is 1. The van der Waals surface area contributed by atoms with E-state index in [0.717, 1.165) is 31.7 Å². The molecule has 1 heterocycles. The monoisotopic (exact) mass is 315 g/mol. The minimum atomic E-state index is -4.50. The standard InChI is InChI=1S/C14H16F3N3S/c1-21-13(6-2-3-7-13)9-19-12-10(8-18)4-5-11(20-12)14(15,16)17/h4-5H,2-3,6-7,9H2,1H3,(H,19,20). The van der Waals surface area contributed by atoms with Crippen molar-refractivity contribution >= 4 is 17.6 Å². The minimum absolute atomic E-state index is 0.0210. The summed E-state index contributed by atoms with van der Waals surface area (Å²) in [6.45, 7) is 0.525. The van der Waals surface area contributed by atoms with Gasteiger partial charge in [0.25, 0.3) is 0 Å². The van der Waals surface area contributed by atoms with Crippen LogP contribution in [-0.2, 0) is 6.18 Å². The maximum atomic E-state index is 12.7. The van der Waals surface area contributed by atoms with Crippen LogP contribution in [-0.4, -0.2) is 22.5 Å². The second-order valence-electron chi connectivity index (χ2n) is 5.15. The van der Waals surface area contributed by atoms with E-state index in [1.165, 1.54) is 6.07 Å². The highest BCUT2D eigenvalue weighted by Gasteiger charge is 2.35. The summed E-state index contributed by atoms with van der Waals surface area (Å²) in [6.07, 6.45) is 1.82. The number of hydrogen-bond acceptors (Lipinski definition) is 4. The maximum Gasteiger partial charge on any atom is 0.433 e. The number of pyridine rings is 1. The summed E-state index contributed by atoms with van der Waals surface area (Å²) in [7, 11) is 0. The van der Waals surface area contributed by atoms with Crippen molar-refractivity contribution in [1.82, 2.24) is 4.98 Å². The molecule has 0 saturated heterocycles. The first kappa shape index (κ1) is 16.0. The number of thioether (sulfide) groups is 1. The van der Waals surface area contributed by atoms with Gasteiger partial charge in [0.1, 0.15) is 17.6 Å². The SMILES string of the molecule is CSC1(CNc2nc(C(F)(F)F)ccc2C#N)CCCC1. The van der Waals surface area contributed by atoms with Gasteiger partial charge in [-0.2, -0.15) is 30.2 Å². The molecule has 1 aromatic heterocycles. The summed E-state index contributed by atoms with van der Waals surface area (Å²) in [5.74, 6) is 0.0210. The molecule has 0 bridgehead atoms. The summed E-state index contributed by atoms with van der Waals surface area (Å²) in [5, 5.41) is 12.0. The quantitative estimate of drug-likeness (QED) is 0.910.